The standard InChI is InChI=1S/C74H81N4O.Pt/c1-48(2)61-29-24-30-62(49(3)4)69(61)50-37-57(76-46-67(72(11,12)13)77(47-76)58-40-55(71(8,9)10)39-56(41-58)74(16,17)52-27-22-19-23-28-52)44-60(38-50)79-59-32-33-63-64-42-54(73(14,15)51-25-20-18-21-26-51)31-34-65(64)78(66(63)45-59)68-43-53(35-36-75-68)70(5,6)7;/h18-43,46-49H,1-17H3;/q-3;. The zero-order valence-corrected chi connectivity index (χ0v) is 52.6. The van der Waals surface area contributed by atoms with Crippen molar-refractivity contribution >= 4 is 33.2 Å². The van der Waals surface area contributed by atoms with Gasteiger partial charge in [0.15, 0.2) is 0 Å². The van der Waals surface area contributed by atoms with E-state index in [1.807, 2.05) is 6.20 Å². The molecule has 0 saturated heterocycles. The van der Waals surface area contributed by atoms with Gasteiger partial charge in [-0.2, -0.15) is 6.07 Å². The number of allylic oxidation sites excluding steroid dienone is 1. The van der Waals surface area contributed by atoms with Crippen LogP contribution in [0.2, 0.25) is 0 Å². The van der Waals surface area contributed by atoms with Gasteiger partial charge in [0.05, 0.1) is 0 Å². The molecule has 0 spiro atoms. The molecule has 2 aromatic heterocycles. The molecule has 0 atom stereocenters. The van der Waals surface area contributed by atoms with Crippen LogP contribution in [0.1, 0.15) is 174 Å². The van der Waals surface area contributed by atoms with Gasteiger partial charge in [-0.3, -0.25) is 0 Å². The molecule has 0 amide bonds. The van der Waals surface area contributed by atoms with Gasteiger partial charge in [0, 0.05) is 71.9 Å². The van der Waals surface area contributed by atoms with Gasteiger partial charge >= 0.3 is 0 Å². The van der Waals surface area contributed by atoms with E-state index in [1.165, 1.54) is 55.8 Å². The molecule has 5 nitrogen and oxygen atoms in total. The molecule has 80 heavy (non-hydrogen) atoms. The Morgan fingerprint density at radius 3 is 1.69 bits per heavy atom. The third-order valence-corrected chi connectivity index (χ3v) is 16.5. The molecule has 7 aromatic carbocycles. The number of hydrogen-bond acceptors (Lipinski definition) is 4. The Bertz CT molecular complexity index is 3720. The van der Waals surface area contributed by atoms with Crippen LogP contribution in [0.4, 0.5) is 11.4 Å². The molecule has 0 aliphatic carbocycles. The molecular weight excluding hydrogens is 1160 g/mol. The van der Waals surface area contributed by atoms with Crippen LogP contribution < -0.4 is 14.5 Å². The fourth-order valence-electron chi connectivity index (χ4n) is 11.4. The summed E-state index contributed by atoms with van der Waals surface area (Å²) in [5, 5.41) is 2.23. The van der Waals surface area contributed by atoms with Gasteiger partial charge < -0.3 is 19.1 Å². The quantitative estimate of drug-likeness (QED) is 0.114. The Kier molecular flexibility index (Phi) is 15.7. The summed E-state index contributed by atoms with van der Waals surface area (Å²) in [6, 6.07) is 63.3. The van der Waals surface area contributed by atoms with Crippen molar-refractivity contribution in [3.63, 3.8) is 0 Å². The number of aromatic nitrogens is 2. The van der Waals surface area contributed by atoms with Crippen molar-refractivity contribution in [2.24, 2.45) is 5.41 Å². The van der Waals surface area contributed by atoms with E-state index in [1.54, 1.807) is 0 Å². The van der Waals surface area contributed by atoms with Crippen LogP contribution in [0.25, 0.3) is 38.8 Å². The fourth-order valence-corrected chi connectivity index (χ4v) is 11.4. The van der Waals surface area contributed by atoms with Gasteiger partial charge in [0.2, 0.25) is 0 Å². The largest absolute Gasteiger partial charge is 0.509 e. The molecule has 0 N–H and O–H groups in total. The normalized spacial score (nSPS) is 13.7. The smallest absolute Gasteiger partial charge is 0.135 e. The molecule has 10 rings (SSSR count). The SMILES string of the molecule is CC(C)c1cccc(C(C)C)c1-c1cc(Oc2[c-]c3c(cc2)c2cc(C(C)(C)c4ccccc4)ccc2n3-c2cc(C(C)(C)C)ccn2)[c-]c(N2C=C(C(C)(C)C)N(c3cc(C(C)(C)C)cc(C(C)(C)c4ccccc4)c3)[CH-]2)c1.[Pt]. The molecule has 1 aliphatic heterocycles. The summed E-state index contributed by atoms with van der Waals surface area (Å²) in [5.74, 6) is 2.63. The number of pyridine rings is 1. The number of benzene rings is 7. The number of anilines is 2. The van der Waals surface area contributed by atoms with Crippen LogP contribution in [0.5, 0.6) is 11.5 Å². The molecule has 0 radical (unpaired) electrons. The molecule has 0 unspecified atom stereocenters. The van der Waals surface area contributed by atoms with Crippen molar-refractivity contribution in [3.8, 4) is 28.4 Å². The van der Waals surface area contributed by atoms with Gasteiger partial charge in [-0.1, -0.05) is 220 Å². The molecule has 6 heteroatoms. The van der Waals surface area contributed by atoms with E-state index >= 15 is 0 Å². The van der Waals surface area contributed by atoms with Gasteiger partial charge in [0.1, 0.15) is 5.82 Å². The van der Waals surface area contributed by atoms with E-state index in [0.717, 1.165) is 44.6 Å². The number of fused-ring (bicyclic) bond motifs is 3. The van der Waals surface area contributed by atoms with Crippen molar-refractivity contribution in [2.45, 2.75) is 151 Å². The summed E-state index contributed by atoms with van der Waals surface area (Å²) < 4.78 is 9.45. The fraction of sp³-hybridized carbons (Fsp3) is 0.324. The number of ether oxygens (including phenoxy) is 1. The van der Waals surface area contributed by atoms with Crippen molar-refractivity contribution in [1.82, 2.24) is 9.55 Å². The van der Waals surface area contributed by atoms with Crippen LogP contribution in [0.15, 0.2) is 170 Å². The molecule has 0 saturated carbocycles. The molecule has 416 valence electrons. The Balaban J connectivity index is 0.00000774. The van der Waals surface area contributed by atoms with E-state index in [0.29, 0.717) is 11.5 Å². The van der Waals surface area contributed by atoms with Gasteiger partial charge in [-0.15, -0.1) is 53.6 Å². The average Bonchev–Trinajstić information content (AvgIpc) is 4.23. The average molecular weight is 1240 g/mol. The summed E-state index contributed by atoms with van der Waals surface area (Å²) >= 11 is 0. The number of hydrogen-bond donors (Lipinski definition) is 0. The molecule has 3 heterocycles. The number of nitrogens with zero attached hydrogens (tertiary/aromatic N) is 4. The molecule has 0 fully saturated rings. The van der Waals surface area contributed by atoms with E-state index in [2.05, 4.69) is 309 Å². The topological polar surface area (TPSA) is 33.5 Å². The van der Waals surface area contributed by atoms with Crippen molar-refractivity contribution in [3.05, 3.63) is 233 Å². The molecule has 1 aliphatic rings. The summed E-state index contributed by atoms with van der Waals surface area (Å²) in [6.07, 6.45) is 4.23. The third kappa shape index (κ3) is 11.2. The van der Waals surface area contributed by atoms with Crippen LogP contribution in [0, 0.1) is 24.2 Å². The van der Waals surface area contributed by atoms with Gasteiger partial charge in [0.25, 0.3) is 0 Å². The predicted molar refractivity (Wildman–Crippen MR) is 334 cm³/mol. The predicted octanol–water partition coefficient (Wildman–Crippen LogP) is 20.1. The minimum Gasteiger partial charge on any atom is -0.509 e. The zero-order chi connectivity index (χ0) is 56.6. The summed E-state index contributed by atoms with van der Waals surface area (Å²) in [7, 11) is 0. The second kappa shape index (κ2) is 21.7. The van der Waals surface area contributed by atoms with E-state index < -0.39 is 0 Å². The maximum absolute atomic E-state index is 7.18. The Morgan fingerprint density at radius 2 is 1.10 bits per heavy atom. The first-order chi connectivity index (χ1) is 37.2. The maximum atomic E-state index is 7.18. The number of rotatable bonds is 12. The maximum Gasteiger partial charge on any atom is 0.135 e. The first-order valence-corrected chi connectivity index (χ1v) is 28.5. The minimum absolute atomic E-state index is 0. The van der Waals surface area contributed by atoms with E-state index in [9.17, 15) is 0 Å². The minimum atomic E-state index is -0.238. The second-order valence-corrected chi connectivity index (χ2v) is 26.8. The first kappa shape index (κ1) is 58.0. The van der Waals surface area contributed by atoms with Crippen molar-refractivity contribution < 1.29 is 25.8 Å². The zero-order valence-electron chi connectivity index (χ0n) is 50.3. The van der Waals surface area contributed by atoms with E-state index in [4.69, 9.17) is 9.72 Å². The Labute approximate surface area is 493 Å². The Hall–Kier alpha value is -6.68. The first-order valence-electron chi connectivity index (χ1n) is 28.5. The molecule has 0 bridgehead atoms. The molecule has 9 aromatic rings. The van der Waals surface area contributed by atoms with Gasteiger partial charge in [-0.25, -0.2) is 4.98 Å². The monoisotopic (exact) mass is 1240 g/mol. The summed E-state index contributed by atoms with van der Waals surface area (Å²) in [6.45, 7) is 41.3. The van der Waals surface area contributed by atoms with Crippen molar-refractivity contribution in [1.29, 1.82) is 0 Å². The van der Waals surface area contributed by atoms with E-state index in [-0.39, 0.29) is 60.0 Å². The van der Waals surface area contributed by atoms with Crippen LogP contribution in [-0.2, 0) is 42.7 Å². The summed E-state index contributed by atoms with van der Waals surface area (Å²) in [4.78, 5) is 9.70. The van der Waals surface area contributed by atoms with Gasteiger partial charge in [-0.05, 0) is 115 Å². The van der Waals surface area contributed by atoms with Crippen LogP contribution >= 0.6 is 0 Å². The van der Waals surface area contributed by atoms with Crippen molar-refractivity contribution in [2.75, 3.05) is 9.80 Å². The van der Waals surface area contributed by atoms with Crippen LogP contribution in [0.3, 0.4) is 0 Å². The summed E-state index contributed by atoms with van der Waals surface area (Å²) in [5.41, 5.74) is 16.8. The van der Waals surface area contributed by atoms with Crippen LogP contribution in [-0.4, -0.2) is 9.55 Å². The third-order valence-electron chi connectivity index (χ3n) is 16.5. The molecular formula is C74H81N4OPt-3. The Morgan fingerprint density at radius 1 is 0.500 bits per heavy atom. The second-order valence-electron chi connectivity index (χ2n) is 26.8.